The normalized spacial score (nSPS) is 10.5. The van der Waals surface area contributed by atoms with Gasteiger partial charge in [-0.25, -0.2) is 9.37 Å². The van der Waals surface area contributed by atoms with E-state index in [1.54, 1.807) is 12.1 Å². The second kappa shape index (κ2) is 7.08. The summed E-state index contributed by atoms with van der Waals surface area (Å²) in [6, 6.07) is 16.2. The predicted molar refractivity (Wildman–Crippen MR) is 95.0 cm³/mol. The number of nitrogens with zero attached hydrogens (tertiary/aromatic N) is 2. The van der Waals surface area contributed by atoms with Gasteiger partial charge in [0.1, 0.15) is 11.6 Å². The quantitative estimate of drug-likeness (QED) is 0.721. The van der Waals surface area contributed by atoms with Crippen LogP contribution in [0.25, 0.3) is 0 Å². The minimum absolute atomic E-state index is 0.272. The van der Waals surface area contributed by atoms with Crippen molar-refractivity contribution in [1.82, 2.24) is 9.97 Å². The molecule has 0 aliphatic rings. The SMILES string of the molecule is Cc1cc(NCc2ccccc2C)nc(Nc2ccc(F)cc2)n1. The summed E-state index contributed by atoms with van der Waals surface area (Å²) in [6.07, 6.45) is 0. The predicted octanol–water partition coefficient (Wildman–Crippen LogP) is 4.59. The van der Waals surface area contributed by atoms with Gasteiger partial charge in [0.05, 0.1) is 0 Å². The standard InChI is InChI=1S/C19H19FN4/c1-13-5-3-4-6-15(13)12-21-18-11-14(2)22-19(24-18)23-17-9-7-16(20)8-10-17/h3-11H,12H2,1-2H3,(H2,21,22,23,24). The van der Waals surface area contributed by atoms with Gasteiger partial charge in [0.25, 0.3) is 0 Å². The van der Waals surface area contributed by atoms with Crippen LogP contribution in [0.1, 0.15) is 16.8 Å². The topological polar surface area (TPSA) is 49.8 Å². The summed E-state index contributed by atoms with van der Waals surface area (Å²) < 4.78 is 13.0. The monoisotopic (exact) mass is 322 g/mol. The first-order valence-electron chi connectivity index (χ1n) is 7.77. The molecular formula is C19H19FN4. The maximum atomic E-state index is 13.0. The van der Waals surface area contributed by atoms with Gasteiger partial charge in [-0.05, 0) is 49.2 Å². The zero-order valence-corrected chi connectivity index (χ0v) is 13.7. The molecule has 3 rings (SSSR count). The zero-order valence-electron chi connectivity index (χ0n) is 13.7. The fourth-order valence-corrected chi connectivity index (χ4v) is 2.37. The van der Waals surface area contributed by atoms with Crippen molar-refractivity contribution in [1.29, 1.82) is 0 Å². The van der Waals surface area contributed by atoms with Gasteiger partial charge in [-0.3, -0.25) is 0 Å². The van der Waals surface area contributed by atoms with Crippen molar-refractivity contribution < 1.29 is 4.39 Å². The Morgan fingerprint density at radius 3 is 2.46 bits per heavy atom. The van der Waals surface area contributed by atoms with Crippen molar-refractivity contribution in [3.05, 3.63) is 77.2 Å². The Labute approximate surface area is 140 Å². The van der Waals surface area contributed by atoms with Crippen LogP contribution < -0.4 is 10.6 Å². The van der Waals surface area contributed by atoms with Crippen LogP contribution in [-0.4, -0.2) is 9.97 Å². The molecule has 0 fully saturated rings. The Hall–Kier alpha value is -2.95. The maximum absolute atomic E-state index is 13.0. The summed E-state index contributed by atoms with van der Waals surface area (Å²) in [7, 11) is 0. The van der Waals surface area contributed by atoms with E-state index in [0.29, 0.717) is 12.5 Å². The van der Waals surface area contributed by atoms with E-state index in [0.717, 1.165) is 17.2 Å². The molecule has 0 saturated carbocycles. The lowest BCUT2D eigenvalue weighted by Gasteiger charge is -2.11. The van der Waals surface area contributed by atoms with Gasteiger partial charge in [0, 0.05) is 24.0 Å². The lowest BCUT2D eigenvalue weighted by atomic mass is 10.1. The van der Waals surface area contributed by atoms with E-state index in [2.05, 4.69) is 39.7 Å². The molecule has 0 amide bonds. The van der Waals surface area contributed by atoms with Gasteiger partial charge >= 0.3 is 0 Å². The highest BCUT2D eigenvalue weighted by molar-refractivity contribution is 5.55. The zero-order chi connectivity index (χ0) is 16.9. The number of halogens is 1. The molecule has 0 radical (unpaired) electrons. The number of rotatable bonds is 5. The first-order valence-corrected chi connectivity index (χ1v) is 7.77. The van der Waals surface area contributed by atoms with Gasteiger partial charge in [0.15, 0.2) is 0 Å². The number of nitrogens with one attached hydrogen (secondary N) is 2. The highest BCUT2D eigenvalue weighted by Gasteiger charge is 2.04. The molecular weight excluding hydrogens is 303 g/mol. The first kappa shape index (κ1) is 15.9. The highest BCUT2D eigenvalue weighted by atomic mass is 19.1. The van der Waals surface area contributed by atoms with Crippen LogP contribution in [0, 0.1) is 19.7 Å². The van der Waals surface area contributed by atoms with Crippen molar-refractivity contribution in [2.24, 2.45) is 0 Å². The molecule has 3 aromatic rings. The van der Waals surface area contributed by atoms with Crippen molar-refractivity contribution >= 4 is 17.5 Å². The van der Waals surface area contributed by atoms with E-state index in [1.807, 2.05) is 25.1 Å². The number of hydrogen-bond donors (Lipinski definition) is 2. The number of aromatic nitrogens is 2. The van der Waals surface area contributed by atoms with Crippen LogP contribution in [0.15, 0.2) is 54.6 Å². The lowest BCUT2D eigenvalue weighted by Crippen LogP contribution is -2.06. The van der Waals surface area contributed by atoms with Gasteiger partial charge in [0.2, 0.25) is 5.95 Å². The molecule has 4 nitrogen and oxygen atoms in total. The van der Waals surface area contributed by atoms with Gasteiger partial charge < -0.3 is 10.6 Å². The molecule has 122 valence electrons. The summed E-state index contributed by atoms with van der Waals surface area (Å²) in [5.41, 5.74) is 4.05. The summed E-state index contributed by atoms with van der Waals surface area (Å²) in [5, 5.41) is 6.42. The van der Waals surface area contributed by atoms with Gasteiger partial charge in [-0.1, -0.05) is 24.3 Å². The van der Waals surface area contributed by atoms with Crippen LogP contribution in [0.5, 0.6) is 0 Å². The van der Waals surface area contributed by atoms with Crippen LogP contribution in [0.2, 0.25) is 0 Å². The Balaban J connectivity index is 1.74. The maximum Gasteiger partial charge on any atom is 0.229 e. The van der Waals surface area contributed by atoms with Crippen molar-refractivity contribution in [2.45, 2.75) is 20.4 Å². The van der Waals surface area contributed by atoms with Crippen molar-refractivity contribution in [2.75, 3.05) is 10.6 Å². The van der Waals surface area contributed by atoms with Crippen LogP contribution >= 0.6 is 0 Å². The summed E-state index contributed by atoms with van der Waals surface area (Å²) >= 11 is 0. The fourth-order valence-electron chi connectivity index (χ4n) is 2.37. The molecule has 0 aliphatic carbocycles. The number of aryl methyl sites for hydroxylation is 2. The molecule has 0 unspecified atom stereocenters. The molecule has 2 aromatic carbocycles. The van der Waals surface area contributed by atoms with Crippen molar-refractivity contribution in [3.8, 4) is 0 Å². The molecule has 0 spiro atoms. The van der Waals surface area contributed by atoms with E-state index in [9.17, 15) is 4.39 Å². The average molecular weight is 322 g/mol. The molecule has 24 heavy (non-hydrogen) atoms. The van der Waals surface area contributed by atoms with Gasteiger partial charge in [-0.2, -0.15) is 4.98 Å². The van der Waals surface area contributed by atoms with Gasteiger partial charge in [-0.15, -0.1) is 0 Å². The van der Waals surface area contributed by atoms with E-state index >= 15 is 0 Å². The minimum atomic E-state index is -0.272. The Morgan fingerprint density at radius 1 is 0.958 bits per heavy atom. The molecule has 1 aromatic heterocycles. The molecule has 2 N–H and O–H groups in total. The second-order valence-corrected chi connectivity index (χ2v) is 5.63. The highest BCUT2D eigenvalue weighted by Crippen LogP contribution is 2.17. The van der Waals surface area contributed by atoms with E-state index < -0.39 is 0 Å². The third-order valence-corrected chi connectivity index (χ3v) is 3.68. The third kappa shape index (κ3) is 4.07. The molecule has 0 atom stereocenters. The number of hydrogen-bond acceptors (Lipinski definition) is 4. The first-order chi connectivity index (χ1) is 11.6. The molecule has 0 saturated heterocycles. The van der Waals surface area contributed by atoms with Crippen molar-refractivity contribution in [3.63, 3.8) is 0 Å². The second-order valence-electron chi connectivity index (χ2n) is 5.63. The Morgan fingerprint density at radius 2 is 1.71 bits per heavy atom. The Kier molecular flexibility index (Phi) is 4.70. The third-order valence-electron chi connectivity index (χ3n) is 3.68. The molecule has 0 bridgehead atoms. The summed E-state index contributed by atoms with van der Waals surface area (Å²) in [4.78, 5) is 8.84. The summed E-state index contributed by atoms with van der Waals surface area (Å²) in [5.74, 6) is 0.954. The molecule has 0 aliphatic heterocycles. The Bertz CT molecular complexity index is 831. The smallest absolute Gasteiger partial charge is 0.229 e. The van der Waals surface area contributed by atoms with E-state index in [4.69, 9.17) is 0 Å². The molecule has 1 heterocycles. The summed E-state index contributed by atoms with van der Waals surface area (Å²) in [6.45, 7) is 4.69. The van der Waals surface area contributed by atoms with Crippen LogP contribution in [0.3, 0.4) is 0 Å². The number of benzene rings is 2. The average Bonchev–Trinajstić information content (AvgIpc) is 2.56. The fraction of sp³-hybridized carbons (Fsp3) is 0.158. The lowest BCUT2D eigenvalue weighted by molar-refractivity contribution is 0.628. The van der Waals surface area contributed by atoms with E-state index in [1.165, 1.54) is 23.3 Å². The number of anilines is 3. The van der Waals surface area contributed by atoms with E-state index in [-0.39, 0.29) is 5.82 Å². The largest absolute Gasteiger partial charge is 0.366 e. The minimum Gasteiger partial charge on any atom is -0.366 e. The van der Waals surface area contributed by atoms with Crippen LogP contribution in [-0.2, 0) is 6.54 Å². The van der Waals surface area contributed by atoms with Crippen LogP contribution in [0.4, 0.5) is 21.8 Å². The molecule has 5 heteroatoms.